The number of nitrogens with zero attached hydrogens (tertiary/aromatic N) is 3. The SMILES string of the molecule is CCC(F)(C1CCN(C(=O)Nc2ccnnc2)CC1)S(=O)(=O)c1cccc(F)c1. The number of halogens is 2. The van der Waals surface area contributed by atoms with Crippen LogP contribution in [-0.2, 0) is 9.84 Å². The van der Waals surface area contributed by atoms with Gasteiger partial charge >= 0.3 is 6.03 Å². The smallest absolute Gasteiger partial charge is 0.321 e. The number of carbonyl (C=O) groups is 1. The van der Waals surface area contributed by atoms with Crippen LogP contribution in [0, 0.1) is 11.7 Å². The van der Waals surface area contributed by atoms with Crippen LogP contribution in [0.4, 0.5) is 19.3 Å². The van der Waals surface area contributed by atoms with Gasteiger partial charge in [0.15, 0.2) is 0 Å². The van der Waals surface area contributed by atoms with Crippen LogP contribution in [0.5, 0.6) is 0 Å². The molecule has 2 aromatic rings. The van der Waals surface area contributed by atoms with Crippen LogP contribution in [0.2, 0.25) is 0 Å². The highest BCUT2D eigenvalue weighted by Gasteiger charge is 2.51. The summed E-state index contributed by atoms with van der Waals surface area (Å²) in [6.45, 7) is 1.88. The van der Waals surface area contributed by atoms with Crippen molar-refractivity contribution in [2.24, 2.45) is 5.92 Å². The van der Waals surface area contributed by atoms with E-state index in [9.17, 15) is 17.6 Å². The molecule has 0 bridgehead atoms. The molecule has 7 nitrogen and oxygen atoms in total. The first-order chi connectivity index (χ1) is 13.8. The van der Waals surface area contributed by atoms with Gasteiger partial charge in [-0.15, -0.1) is 0 Å². The third-order valence-electron chi connectivity index (χ3n) is 5.26. The fourth-order valence-electron chi connectivity index (χ4n) is 3.61. The Bertz CT molecular complexity index is 966. The number of anilines is 1. The first-order valence-corrected chi connectivity index (χ1v) is 10.8. The molecule has 2 heterocycles. The second-order valence-electron chi connectivity index (χ2n) is 6.92. The van der Waals surface area contributed by atoms with E-state index < -0.39 is 26.6 Å². The third-order valence-corrected chi connectivity index (χ3v) is 7.65. The van der Waals surface area contributed by atoms with Crippen LogP contribution in [0.1, 0.15) is 26.2 Å². The minimum Gasteiger partial charge on any atom is -0.325 e. The summed E-state index contributed by atoms with van der Waals surface area (Å²) in [6.07, 6.45) is 2.95. The van der Waals surface area contributed by atoms with Crippen LogP contribution in [0.3, 0.4) is 0 Å². The van der Waals surface area contributed by atoms with E-state index >= 15 is 4.39 Å². The summed E-state index contributed by atoms with van der Waals surface area (Å²) in [5, 5.41) is 7.45. The van der Waals surface area contributed by atoms with Gasteiger partial charge < -0.3 is 10.2 Å². The molecule has 0 spiro atoms. The molecule has 1 atom stereocenters. The van der Waals surface area contributed by atoms with Gasteiger partial charge in [-0.25, -0.2) is 22.0 Å². The van der Waals surface area contributed by atoms with Crippen molar-refractivity contribution in [2.75, 3.05) is 18.4 Å². The lowest BCUT2D eigenvalue weighted by Crippen LogP contribution is -2.49. The maximum Gasteiger partial charge on any atom is 0.321 e. The molecule has 1 N–H and O–H groups in total. The summed E-state index contributed by atoms with van der Waals surface area (Å²) in [5.74, 6) is -1.53. The third kappa shape index (κ3) is 4.21. The second-order valence-corrected chi connectivity index (χ2v) is 9.08. The first-order valence-electron chi connectivity index (χ1n) is 9.29. The van der Waals surface area contributed by atoms with Gasteiger partial charge in [-0.3, -0.25) is 0 Å². The van der Waals surface area contributed by atoms with Crippen LogP contribution < -0.4 is 5.32 Å². The summed E-state index contributed by atoms with van der Waals surface area (Å²) >= 11 is 0. The Labute approximate surface area is 168 Å². The number of amides is 2. The van der Waals surface area contributed by atoms with Crippen molar-refractivity contribution in [2.45, 2.75) is 36.1 Å². The number of alkyl halides is 1. The molecule has 1 aliphatic heterocycles. The number of benzene rings is 1. The number of hydrogen-bond acceptors (Lipinski definition) is 5. The van der Waals surface area contributed by atoms with Gasteiger partial charge in [0.05, 0.1) is 23.0 Å². The van der Waals surface area contributed by atoms with Crippen LogP contribution in [0.25, 0.3) is 0 Å². The molecule has 29 heavy (non-hydrogen) atoms. The number of piperidine rings is 1. The van der Waals surface area contributed by atoms with E-state index in [2.05, 4.69) is 15.5 Å². The Kier molecular flexibility index (Phi) is 6.11. The van der Waals surface area contributed by atoms with Gasteiger partial charge in [0.1, 0.15) is 5.82 Å². The average Bonchev–Trinajstić information content (AvgIpc) is 2.74. The Balaban J connectivity index is 1.71. The number of likely N-dealkylation sites (tertiary alicyclic amines) is 1. The van der Waals surface area contributed by atoms with Gasteiger partial charge in [0.25, 0.3) is 0 Å². The van der Waals surface area contributed by atoms with Gasteiger partial charge in [-0.05, 0) is 43.5 Å². The molecule has 1 aromatic carbocycles. The highest BCUT2D eigenvalue weighted by atomic mass is 32.2. The molecule has 0 saturated carbocycles. The highest BCUT2D eigenvalue weighted by Crippen LogP contribution is 2.42. The number of carbonyl (C=O) groups excluding carboxylic acids is 1. The van der Waals surface area contributed by atoms with E-state index in [1.165, 1.54) is 36.4 Å². The number of hydrogen-bond donors (Lipinski definition) is 1. The van der Waals surface area contributed by atoms with E-state index in [1.807, 2.05) is 0 Å². The molecule has 0 aliphatic carbocycles. The lowest BCUT2D eigenvalue weighted by atomic mass is 9.90. The van der Waals surface area contributed by atoms with Crippen molar-refractivity contribution in [1.82, 2.24) is 15.1 Å². The predicted octanol–water partition coefficient (Wildman–Crippen LogP) is 3.41. The number of urea groups is 1. The van der Waals surface area contributed by atoms with E-state index in [0.29, 0.717) is 5.69 Å². The lowest BCUT2D eigenvalue weighted by molar-refractivity contribution is 0.102. The zero-order valence-electron chi connectivity index (χ0n) is 15.9. The molecule has 1 saturated heterocycles. The normalized spacial score (nSPS) is 17.6. The minimum absolute atomic E-state index is 0.181. The maximum atomic E-state index is 15.8. The van der Waals surface area contributed by atoms with Crippen molar-refractivity contribution < 1.29 is 22.0 Å². The fourth-order valence-corrected chi connectivity index (χ4v) is 5.58. The zero-order chi connectivity index (χ0) is 21.1. The van der Waals surface area contributed by atoms with E-state index in [-0.39, 0.29) is 43.3 Å². The second kappa shape index (κ2) is 8.40. The molecule has 2 amide bonds. The number of nitrogens with one attached hydrogen (secondary N) is 1. The molecular formula is C19H22F2N4O3S. The molecule has 156 valence electrons. The predicted molar refractivity (Wildman–Crippen MR) is 103 cm³/mol. The first kappa shape index (κ1) is 21.1. The summed E-state index contributed by atoms with van der Waals surface area (Å²) in [7, 11) is -4.40. The van der Waals surface area contributed by atoms with E-state index in [0.717, 1.165) is 12.1 Å². The Hall–Kier alpha value is -2.62. The number of aromatic nitrogens is 2. The minimum atomic E-state index is -4.40. The van der Waals surface area contributed by atoms with Crippen LogP contribution >= 0.6 is 0 Å². The quantitative estimate of drug-likeness (QED) is 0.794. The van der Waals surface area contributed by atoms with Gasteiger partial charge in [-0.1, -0.05) is 13.0 Å². The molecule has 10 heteroatoms. The molecule has 1 fully saturated rings. The van der Waals surface area contributed by atoms with Crippen molar-refractivity contribution in [3.8, 4) is 0 Å². The molecule has 1 unspecified atom stereocenters. The molecule has 0 radical (unpaired) electrons. The maximum absolute atomic E-state index is 15.8. The largest absolute Gasteiger partial charge is 0.325 e. The standard InChI is InChI=1S/C19H22F2N4O3S/c1-2-19(21,29(27,28)17-5-3-4-15(20)12-17)14-7-10-25(11-8-14)18(26)24-16-6-9-22-23-13-16/h3-6,9,12-14H,2,7-8,10-11H2,1H3,(H,22,24,26). The van der Waals surface area contributed by atoms with Crippen molar-refractivity contribution >= 4 is 21.6 Å². The highest BCUT2D eigenvalue weighted by molar-refractivity contribution is 7.92. The zero-order valence-corrected chi connectivity index (χ0v) is 16.7. The van der Waals surface area contributed by atoms with E-state index in [4.69, 9.17) is 0 Å². The van der Waals surface area contributed by atoms with E-state index in [1.54, 1.807) is 6.07 Å². The summed E-state index contributed by atoms with van der Waals surface area (Å²) < 4.78 is 55.2. The van der Waals surface area contributed by atoms with Crippen molar-refractivity contribution in [1.29, 1.82) is 0 Å². The summed E-state index contributed by atoms with van der Waals surface area (Å²) in [4.78, 5) is 13.5. The topological polar surface area (TPSA) is 92.3 Å². The number of rotatable bonds is 5. The van der Waals surface area contributed by atoms with Gasteiger partial charge in [-0.2, -0.15) is 10.2 Å². The van der Waals surface area contributed by atoms with Crippen molar-refractivity contribution in [3.63, 3.8) is 0 Å². The summed E-state index contributed by atoms with van der Waals surface area (Å²) in [5.41, 5.74) is 0.481. The average molecular weight is 424 g/mol. The number of sulfone groups is 1. The Morgan fingerprint density at radius 2 is 2.00 bits per heavy atom. The lowest BCUT2D eigenvalue weighted by Gasteiger charge is -2.39. The molecule has 1 aliphatic rings. The molecule has 3 rings (SSSR count). The molecular weight excluding hydrogens is 402 g/mol. The Morgan fingerprint density at radius 1 is 1.28 bits per heavy atom. The molecule has 1 aromatic heterocycles. The summed E-state index contributed by atoms with van der Waals surface area (Å²) in [6, 6.07) is 5.62. The Morgan fingerprint density at radius 3 is 2.59 bits per heavy atom. The van der Waals surface area contributed by atoms with Crippen LogP contribution in [-0.4, -0.2) is 47.6 Å². The van der Waals surface area contributed by atoms with Gasteiger partial charge in [0.2, 0.25) is 14.8 Å². The van der Waals surface area contributed by atoms with Crippen molar-refractivity contribution in [3.05, 3.63) is 48.5 Å². The monoisotopic (exact) mass is 424 g/mol. The van der Waals surface area contributed by atoms with Gasteiger partial charge in [0, 0.05) is 19.0 Å². The fraction of sp³-hybridized carbons (Fsp3) is 0.421. The van der Waals surface area contributed by atoms with Crippen LogP contribution in [0.15, 0.2) is 47.6 Å².